The van der Waals surface area contributed by atoms with Gasteiger partial charge in [0.25, 0.3) is 5.56 Å². The van der Waals surface area contributed by atoms with Gasteiger partial charge in [-0.15, -0.1) is 0 Å². The third-order valence-corrected chi connectivity index (χ3v) is 5.64. The van der Waals surface area contributed by atoms with Gasteiger partial charge in [0.1, 0.15) is 11.6 Å². The van der Waals surface area contributed by atoms with Crippen LogP contribution in [0.2, 0.25) is 0 Å². The number of H-pyrrole nitrogens is 1. The van der Waals surface area contributed by atoms with Gasteiger partial charge in [0.2, 0.25) is 17.8 Å². The van der Waals surface area contributed by atoms with Gasteiger partial charge < -0.3 is 20.3 Å². The summed E-state index contributed by atoms with van der Waals surface area (Å²) in [5.41, 5.74) is 0.353. The van der Waals surface area contributed by atoms with Gasteiger partial charge in [0, 0.05) is 25.2 Å². The Morgan fingerprint density at radius 1 is 1.29 bits per heavy atom. The van der Waals surface area contributed by atoms with E-state index < -0.39 is 17.4 Å². The molecule has 0 radical (unpaired) electrons. The number of aromatic amines is 1. The van der Waals surface area contributed by atoms with E-state index in [9.17, 15) is 14.4 Å². The molecular weight excluding hydrogens is 398 g/mol. The van der Waals surface area contributed by atoms with Crippen molar-refractivity contribution in [2.75, 3.05) is 35.2 Å². The van der Waals surface area contributed by atoms with Crippen LogP contribution in [-0.2, 0) is 9.59 Å². The second-order valence-electron chi connectivity index (χ2n) is 8.10. The number of benzene rings is 1. The lowest BCUT2D eigenvalue weighted by molar-refractivity contribution is -0.123. The average Bonchev–Trinajstić information content (AvgIpc) is 2.74. The van der Waals surface area contributed by atoms with Crippen LogP contribution in [0.15, 0.2) is 29.1 Å². The summed E-state index contributed by atoms with van der Waals surface area (Å²) < 4.78 is 5.40. The molecule has 2 amide bonds. The summed E-state index contributed by atoms with van der Waals surface area (Å²) in [6, 6.07) is 6.94. The molecule has 31 heavy (non-hydrogen) atoms. The number of rotatable bonds is 5. The number of piperidine rings is 1. The predicted molar refractivity (Wildman–Crippen MR) is 118 cm³/mol. The Balaban J connectivity index is 1.58. The number of ether oxygens (including phenoxy) is 1. The third-order valence-electron chi connectivity index (χ3n) is 5.64. The van der Waals surface area contributed by atoms with E-state index in [4.69, 9.17) is 4.74 Å². The van der Waals surface area contributed by atoms with Crippen LogP contribution in [0, 0.1) is 5.92 Å². The monoisotopic (exact) mass is 425 g/mol. The molecule has 0 spiro atoms. The zero-order valence-electron chi connectivity index (χ0n) is 17.7. The van der Waals surface area contributed by atoms with Crippen molar-refractivity contribution < 1.29 is 14.3 Å². The molecule has 3 N–H and O–H groups in total. The lowest BCUT2D eigenvalue weighted by Gasteiger charge is -2.32. The summed E-state index contributed by atoms with van der Waals surface area (Å²) in [6.07, 6.45) is 2.04. The number of carbonyl (C=O) groups excluding carboxylic acids is 2. The molecule has 2 aromatic rings. The van der Waals surface area contributed by atoms with E-state index >= 15 is 0 Å². The van der Waals surface area contributed by atoms with E-state index in [0.29, 0.717) is 29.9 Å². The first-order valence-electron chi connectivity index (χ1n) is 10.7. The molecule has 164 valence electrons. The number of fused-ring (bicyclic) bond motifs is 1. The van der Waals surface area contributed by atoms with Crippen LogP contribution >= 0.6 is 0 Å². The number of hydrogen-bond donors (Lipinski definition) is 3. The SMILES string of the molecule is CCOc1ccc(NC(=O)[C@@H]2CC(=O)Nc3nc(N4CCC[C@@H](C)C4)[nH]c(=O)c32)cc1. The smallest absolute Gasteiger partial charge is 0.258 e. The first kappa shape index (κ1) is 20.9. The lowest BCUT2D eigenvalue weighted by Crippen LogP contribution is -2.40. The zero-order valence-corrected chi connectivity index (χ0v) is 17.7. The van der Waals surface area contributed by atoms with E-state index in [-0.39, 0.29) is 23.7 Å². The average molecular weight is 425 g/mol. The van der Waals surface area contributed by atoms with Gasteiger partial charge in [0.15, 0.2) is 0 Å². The maximum absolute atomic E-state index is 13.0. The highest BCUT2D eigenvalue weighted by Gasteiger charge is 2.35. The number of carbonyl (C=O) groups is 2. The second-order valence-corrected chi connectivity index (χ2v) is 8.10. The summed E-state index contributed by atoms with van der Waals surface area (Å²) in [5.74, 6) is 0.117. The molecular formula is C22H27N5O4. The summed E-state index contributed by atoms with van der Waals surface area (Å²) in [6.45, 7) is 6.18. The van der Waals surface area contributed by atoms with Gasteiger partial charge in [-0.3, -0.25) is 19.4 Å². The van der Waals surface area contributed by atoms with Crippen LogP contribution in [0.25, 0.3) is 0 Å². The molecule has 4 rings (SSSR count). The van der Waals surface area contributed by atoms with Crippen LogP contribution < -0.4 is 25.8 Å². The first-order chi connectivity index (χ1) is 14.9. The Kier molecular flexibility index (Phi) is 5.92. The van der Waals surface area contributed by atoms with Crippen molar-refractivity contribution in [3.63, 3.8) is 0 Å². The van der Waals surface area contributed by atoms with E-state index in [2.05, 4.69) is 27.5 Å². The highest BCUT2D eigenvalue weighted by Crippen LogP contribution is 2.31. The van der Waals surface area contributed by atoms with Crippen molar-refractivity contribution in [2.45, 2.75) is 39.0 Å². The van der Waals surface area contributed by atoms with E-state index in [1.165, 1.54) is 0 Å². The van der Waals surface area contributed by atoms with Crippen LogP contribution in [-0.4, -0.2) is 41.5 Å². The molecule has 2 aliphatic rings. The number of anilines is 3. The number of hydrogen-bond acceptors (Lipinski definition) is 6. The minimum atomic E-state index is -0.916. The summed E-state index contributed by atoms with van der Waals surface area (Å²) in [7, 11) is 0. The minimum Gasteiger partial charge on any atom is -0.494 e. The van der Waals surface area contributed by atoms with E-state index in [1.807, 2.05) is 11.8 Å². The van der Waals surface area contributed by atoms with Gasteiger partial charge in [-0.05, 0) is 49.9 Å². The van der Waals surface area contributed by atoms with Gasteiger partial charge in [-0.2, -0.15) is 4.98 Å². The minimum absolute atomic E-state index is 0.110. The number of amides is 2. The largest absolute Gasteiger partial charge is 0.494 e. The van der Waals surface area contributed by atoms with E-state index in [1.54, 1.807) is 24.3 Å². The molecule has 2 atom stereocenters. The summed E-state index contributed by atoms with van der Waals surface area (Å²) >= 11 is 0. The van der Waals surface area contributed by atoms with Crippen LogP contribution in [0.1, 0.15) is 44.6 Å². The molecule has 0 unspecified atom stereocenters. The molecule has 1 aromatic carbocycles. The molecule has 2 aliphatic heterocycles. The molecule has 3 heterocycles. The Morgan fingerprint density at radius 3 is 2.77 bits per heavy atom. The number of aromatic nitrogens is 2. The van der Waals surface area contributed by atoms with Crippen molar-refractivity contribution in [2.24, 2.45) is 5.92 Å². The number of nitrogens with one attached hydrogen (secondary N) is 3. The first-order valence-corrected chi connectivity index (χ1v) is 10.7. The molecule has 1 fully saturated rings. The molecule has 9 heteroatoms. The maximum atomic E-state index is 13.0. The molecule has 9 nitrogen and oxygen atoms in total. The van der Waals surface area contributed by atoms with Crippen molar-refractivity contribution in [1.29, 1.82) is 0 Å². The quantitative estimate of drug-likeness (QED) is 0.678. The molecule has 0 aliphatic carbocycles. The normalized spacial score (nSPS) is 20.6. The highest BCUT2D eigenvalue weighted by atomic mass is 16.5. The standard InChI is InChI=1S/C22H27N5O4/c1-3-31-15-8-6-14(7-9-15)23-20(29)16-11-17(28)24-19-18(16)21(30)26-22(25-19)27-10-4-5-13(2)12-27/h6-9,13,16H,3-5,10-12H2,1-2H3,(H,23,29)(H2,24,25,26,28,30)/t13-,16-/m1/s1. The van der Waals surface area contributed by atoms with Gasteiger partial charge >= 0.3 is 0 Å². The fraction of sp³-hybridized carbons (Fsp3) is 0.455. The predicted octanol–water partition coefficient (Wildman–Crippen LogP) is 2.47. The maximum Gasteiger partial charge on any atom is 0.258 e. The molecule has 1 saturated heterocycles. The fourth-order valence-electron chi connectivity index (χ4n) is 4.15. The Hall–Kier alpha value is -3.36. The lowest BCUT2D eigenvalue weighted by atomic mass is 9.92. The molecule has 1 aromatic heterocycles. The fourth-order valence-corrected chi connectivity index (χ4v) is 4.15. The zero-order chi connectivity index (χ0) is 22.0. The van der Waals surface area contributed by atoms with Gasteiger partial charge in [-0.25, -0.2) is 0 Å². The molecule has 0 bridgehead atoms. The Bertz CT molecular complexity index is 1030. The van der Waals surface area contributed by atoms with E-state index in [0.717, 1.165) is 25.9 Å². The highest BCUT2D eigenvalue weighted by molar-refractivity contribution is 6.04. The summed E-state index contributed by atoms with van der Waals surface area (Å²) in [5, 5.41) is 5.46. The second kappa shape index (κ2) is 8.79. The Morgan fingerprint density at radius 2 is 2.06 bits per heavy atom. The topological polar surface area (TPSA) is 116 Å². The molecule has 0 saturated carbocycles. The van der Waals surface area contributed by atoms with Crippen molar-refractivity contribution in [3.05, 3.63) is 40.2 Å². The van der Waals surface area contributed by atoms with Crippen molar-refractivity contribution in [3.8, 4) is 5.75 Å². The van der Waals surface area contributed by atoms with Gasteiger partial charge in [-0.1, -0.05) is 6.92 Å². The third kappa shape index (κ3) is 4.55. The van der Waals surface area contributed by atoms with Crippen LogP contribution in [0.3, 0.4) is 0 Å². The van der Waals surface area contributed by atoms with Gasteiger partial charge in [0.05, 0.1) is 18.1 Å². The van der Waals surface area contributed by atoms with Crippen LogP contribution in [0.5, 0.6) is 5.75 Å². The van der Waals surface area contributed by atoms with Crippen molar-refractivity contribution in [1.82, 2.24) is 9.97 Å². The number of nitrogens with zero attached hydrogens (tertiary/aromatic N) is 2. The van der Waals surface area contributed by atoms with Crippen molar-refractivity contribution >= 4 is 29.3 Å². The summed E-state index contributed by atoms with van der Waals surface area (Å²) in [4.78, 5) is 47.5. The van der Waals surface area contributed by atoms with Crippen LogP contribution in [0.4, 0.5) is 17.5 Å². The Labute approximate surface area is 180 Å².